The number of rotatable bonds is 6. The normalized spacial score (nSPS) is 18.6. The average molecular weight is 480 g/mol. The van der Waals surface area contributed by atoms with Crippen molar-refractivity contribution in [2.75, 3.05) is 34.4 Å². The van der Waals surface area contributed by atoms with E-state index in [4.69, 9.17) is 23.4 Å². The summed E-state index contributed by atoms with van der Waals surface area (Å²) in [6.07, 6.45) is 3.45. The summed E-state index contributed by atoms with van der Waals surface area (Å²) in [7, 11) is 4.86. The summed E-state index contributed by atoms with van der Waals surface area (Å²) in [6, 6.07) is 7.80. The van der Waals surface area contributed by atoms with Gasteiger partial charge >= 0.3 is 0 Å². The van der Waals surface area contributed by atoms with Crippen molar-refractivity contribution in [1.29, 1.82) is 0 Å². The second-order valence-corrected chi connectivity index (χ2v) is 9.01. The Morgan fingerprint density at radius 3 is 2.34 bits per heavy atom. The summed E-state index contributed by atoms with van der Waals surface area (Å²) in [6.45, 7) is 9.03. The molecule has 2 heterocycles. The minimum absolute atomic E-state index is 0.0134. The van der Waals surface area contributed by atoms with E-state index in [0.29, 0.717) is 30.3 Å². The number of amides is 1. The molecule has 0 spiro atoms. The molecular formula is C28H33NO6. The molecule has 0 radical (unpaired) electrons. The number of nitrogens with zero attached hydrogens (tertiary/aromatic N) is 1. The largest absolute Gasteiger partial charge is 0.496 e. The summed E-state index contributed by atoms with van der Waals surface area (Å²) in [5.41, 5.74) is 5.14. The van der Waals surface area contributed by atoms with Gasteiger partial charge in [-0.15, -0.1) is 0 Å². The molecule has 1 aliphatic heterocycles. The van der Waals surface area contributed by atoms with Crippen LogP contribution in [-0.2, 0) is 9.53 Å². The Hall–Kier alpha value is -3.45. The molecule has 0 aliphatic carbocycles. The molecule has 0 saturated carbocycles. The van der Waals surface area contributed by atoms with Gasteiger partial charge < -0.3 is 28.3 Å². The van der Waals surface area contributed by atoms with E-state index in [1.54, 1.807) is 33.7 Å². The van der Waals surface area contributed by atoms with Crippen LogP contribution in [-0.4, -0.2) is 57.4 Å². The van der Waals surface area contributed by atoms with Gasteiger partial charge in [0, 0.05) is 41.2 Å². The molecule has 7 nitrogen and oxygen atoms in total. The lowest BCUT2D eigenvalue weighted by atomic mass is 9.96. The highest BCUT2D eigenvalue weighted by Gasteiger charge is 2.26. The summed E-state index contributed by atoms with van der Waals surface area (Å²) >= 11 is 0. The van der Waals surface area contributed by atoms with Gasteiger partial charge in [0.15, 0.2) is 11.5 Å². The maximum atomic E-state index is 13.1. The monoisotopic (exact) mass is 479 g/mol. The molecule has 2 unspecified atom stereocenters. The first-order valence-electron chi connectivity index (χ1n) is 11.7. The van der Waals surface area contributed by atoms with Crippen LogP contribution in [0.4, 0.5) is 0 Å². The Kier molecular flexibility index (Phi) is 7.08. The van der Waals surface area contributed by atoms with Gasteiger partial charge in [0.1, 0.15) is 11.3 Å². The molecule has 0 bridgehead atoms. The highest BCUT2D eigenvalue weighted by atomic mass is 16.5. The van der Waals surface area contributed by atoms with E-state index < -0.39 is 0 Å². The number of aryl methyl sites for hydroxylation is 1. The third-order valence-corrected chi connectivity index (χ3v) is 6.44. The first kappa shape index (κ1) is 24.7. The number of carbonyl (C=O) groups excluding carboxylic acids is 1. The highest BCUT2D eigenvalue weighted by molar-refractivity contribution is 6.02. The molecule has 3 aromatic rings. The molecule has 1 fully saturated rings. The molecule has 1 saturated heterocycles. The van der Waals surface area contributed by atoms with Gasteiger partial charge in [0.25, 0.3) is 0 Å². The van der Waals surface area contributed by atoms with Crippen molar-refractivity contribution in [3.05, 3.63) is 47.7 Å². The quantitative estimate of drug-likeness (QED) is 0.437. The van der Waals surface area contributed by atoms with E-state index in [-0.39, 0.29) is 18.1 Å². The second kappa shape index (κ2) is 10.0. The molecule has 1 aromatic heterocycles. The molecule has 186 valence electrons. The van der Waals surface area contributed by atoms with Gasteiger partial charge in [-0.05, 0) is 57.0 Å². The molecule has 1 amide bonds. The van der Waals surface area contributed by atoms with Crippen LogP contribution in [0.2, 0.25) is 0 Å². The van der Waals surface area contributed by atoms with Crippen molar-refractivity contribution >= 4 is 22.4 Å². The average Bonchev–Trinajstić information content (AvgIpc) is 3.27. The fraction of sp³-hybridized carbons (Fsp3) is 0.393. The smallest absolute Gasteiger partial charge is 0.247 e. The Morgan fingerprint density at radius 1 is 1.03 bits per heavy atom. The molecule has 4 rings (SSSR count). The van der Waals surface area contributed by atoms with Gasteiger partial charge in [0.05, 0.1) is 39.8 Å². The van der Waals surface area contributed by atoms with Crippen LogP contribution in [0.3, 0.4) is 0 Å². The lowest BCUT2D eigenvalue weighted by Crippen LogP contribution is -2.47. The van der Waals surface area contributed by atoms with Crippen LogP contribution >= 0.6 is 0 Å². The number of hydrogen-bond acceptors (Lipinski definition) is 6. The molecule has 0 N–H and O–H groups in total. The van der Waals surface area contributed by atoms with Crippen molar-refractivity contribution < 1.29 is 28.2 Å². The van der Waals surface area contributed by atoms with E-state index in [9.17, 15) is 4.79 Å². The Morgan fingerprint density at radius 2 is 1.71 bits per heavy atom. The van der Waals surface area contributed by atoms with Crippen molar-refractivity contribution in [2.45, 2.75) is 39.9 Å². The summed E-state index contributed by atoms with van der Waals surface area (Å²) in [4.78, 5) is 14.9. The topological polar surface area (TPSA) is 70.4 Å². The number of ether oxygens (including phenoxy) is 4. The van der Waals surface area contributed by atoms with Gasteiger partial charge in [0.2, 0.25) is 5.91 Å². The summed E-state index contributed by atoms with van der Waals surface area (Å²) < 4.78 is 28.4. The van der Waals surface area contributed by atoms with Gasteiger partial charge in [-0.25, -0.2) is 0 Å². The molecule has 7 heteroatoms. The van der Waals surface area contributed by atoms with Crippen molar-refractivity contribution in [3.63, 3.8) is 0 Å². The predicted molar refractivity (Wildman–Crippen MR) is 136 cm³/mol. The molecule has 2 atom stereocenters. The Balaban J connectivity index is 1.78. The number of benzene rings is 2. The number of morpholine rings is 1. The molecular weight excluding hydrogens is 446 g/mol. The van der Waals surface area contributed by atoms with E-state index in [0.717, 1.165) is 38.8 Å². The maximum absolute atomic E-state index is 13.1. The number of fused-ring (bicyclic) bond motifs is 1. The van der Waals surface area contributed by atoms with Crippen LogP contribution in [0, 0.1) is 6.92 Å². The lowest BCUT2D eigenvalue weighted by molar-refractivity contribution is -0.137. The van der Waals surface area contributed by atoms with Crippen molar-refractivity contribution in [2.24, 2.45) is 0 Å². The Labute approximate surface area is 206 Å². The number of carbonyl (C=O) groups is 1. The fourth-order valence-corrected chi connectivity index (χ4v) is 4.81. The first-order chi connectivity index (χ1) is 16.8. The van der Waals surface area contributed by atoms with Crippen LogP contribution in [0.25, 0.3) is 27.7 Å². The van der Waals surface area contributed by atoms with Gasteiger partial charge in [-0.3, -0.25) is 4.79 Å². The number of methoxy groups -OCH3 is 3. The SMILES string of the molecule is COc1ccc(-c2coc3c(C)c(OC)c(/C(C)=C/C(=O)N4CC(C)OC(C)C4)cc23)cc1OC. The summed E-state index contributed by atoms with van der Waals surface area (Å²) in [5, 5.41) is 0.930. The second-order valence-electron chi connectivity index (χ2n) is 9.01. The molecule has 1 aliphatic rings. The predicted octanol–water partition coefficient (Wildman–Crippen LogP) is 5.47. The standard InChI is InChI=1S/C28H33NO6/c1-16(10-26(30)29-13-17(2)35-18(3)14-29)21-12-22-23(15-34-28(22)19(4)27(21)33-7)20-8-9-24(31-5)25(11-20)32-6/h8-12,15,17-18H,13-14H2,1-7H3/b16-10+. The number of furan rings is 1. The zero-order valence-electron chi connectivity index (χ0n) is 21.4. The van der Waals surface area contributed by atoms with Crippen molar-refractivity contribution in [3.8, 4) is 28.4 Å². The maximum Gasteiger partial charge on any atom is 0.247 e. The summed E-state index contributed by atoms with van der Waals surface area (Å²) in [5.74, 6) is 1.96. The molecule has 2 aromatic carbocycles. The zero-order chi connectivity index (χ0) is 25.3. The minimum Gasteiger partial charge on any atom is -0.496 e. The van der Waals surface area contributed by atoms with Crippen LogP contribution < -0.4 is 14.2 Å². The highest BCUT2D eigenvalue weighted by Crippen LogP contribution is 2.42. The lowest BCUT2D eigenvalue weighted by Gasteiger charge is -2.34. The zero-order valence-corrected chi connectivity index (χ0v) is 21.4. The Bertz CT molecular complexity index is 1260. The van der Waals surface area contributed by atoms with E-state index >= 15 is 0 Å². The molecule has 35 heavy (non-hydrogen) atoms. The van der Waals surface area contributed by atoms with Crippen LogP contribution in [0.1, 0.15) is 31.9 Å². The van der Waals surface area contributed by atoms with Crippen LogP contribution in [0.15, 0.2) is 41.0 Å². The number of hydrogen-bond donors (Lipinski definition) is 0. The van der Waals surface area contributed by atoms with Gasteiger partial charge in [-0.2, -0.15) is 0 Å². The van der Waals surface area contributed by atoms with E-state index in [1.807, 2.05) is 56.9 Å². The third-order valence-electron chi connectivity index (χ3n) is 6.44. The van der Waals surface area contributed by atoms with Crippen LogP contribution in [0.5, 0.6) is 17.2 Å². The fourth-order valence-electron chi connectivity index (χ4n) is 4.81. The van der Waals surface area contributed by atoms with E-state index in [2.05, 4.69) is 0 Å². The van der Waals surface area contributed by atoms with Crippen molar-refractivity contribution in [1.82, 2.24) is 4.90 Å². The van der Waals surface area contributed by atoms with E-state index in [1.165, 1.54) is 0 Å². The minimum atomic E-state index is -0.0309. The third kappa shape index (κ3) is 4.73. The van der Waals surface area contributed by atoms with Gasteiger partial charge in [-0.1, -0.05) is 6.07 Å². The number of allylic oxidation sites excluding steroid dienone is 1. The first-order valence-corrected chi connectivity index (χ1v) is 11.7.